The molecule has 21 heavy (non-hydrogen) atoms. The third kappa shape index (κ3) is 4.32. The number of halogens is 3. The molecule has 0 saturated carbocycles. The van der Waals surface area contributed by atoms with E-state index >= 15 is 0 Å². The molecule has 1 aliphatic rings. The second-order valence-corrected chi connectivity index (χ2v) is 4.91. The normalized spacial score (nSPS) is 19.4. The maximum Gasteiger partial charge on any atom is 0.422 e. The Morgan fingerprint density at radius 2 is 2.29 bits per heavy atom. The molecular weight excluding hydrogens is 287 g/mol. The zero-order valence-corrected chi connectivity index (χ0v) is 11.3. The Kier molecular flexibility index (Phi) is 4.66. The first-order chi connectivity index (χ1) is 9.87. The minimum atomic E-state index is -4.48. The molecule has 8 heteroatoms. The Labute approximate surface area is 119 Å². The maximum absolute atomic E-state index is 12.4. The van der Waals surface area contributed by atoms with E-state index in [1.165, 1.54) is 23.2 Å². The molecule has 2 N–H and O–H groups in total. The first kappa shape index (κ1) is 15.6. The Hall–Kier alpha value is -1.83. The lowest BCUT2D eigenvalue weighted by Crippen LogP contribution is -2.45. The van der Waals surface area contributed by atoms with Crippen LogP contribution in [0.25, 0.3) is 0 Å². The Morgan fingerprint density at radius 1 is 1.52 bits per heavy atom. The van der Waals surface area contributed by atoms with E-state index in [1.54, 1.807) is 0 Å². The van der Waals surface area contributed by atoms with Gasteiger partial charge in [0.05, 0.1) is 0 Å². The average Bonchev–Trinajstić information content (AvgIpc) is 2.44. The molecule has 1 atom stereocenters. The van der Waals surface area contributed by atoms with E-state index < -0.39 is 18.7 Å². The van der Waals surface area contributed by atoms with Crippen LogP contribution in [0.2, 0.25) is 0 Å². The molecular formula is C13H16F3N3O2. The molecule has 2 heterocycles. The number of rotatable bonds is 3. The van der Waals surface area contributed by atoms with Crippen molar-refractivity contribution in [1.82, 2.24) is 9.88 Å². The summed E-state index contributed by atoms with van der Waals surface area (Å²) < 4.78 is 41.3. The zero-order chi connectivity index (χ0) is 15.5. The van der Waals surface area contributed by atoms with E-state index in [-0.39, 0.29) is 17.5 Å². The summed E-state index contributed by atoms with van der Waals surface area (Å²) in [6.07, 6.45) is -1.60. The van der Waals surface area contributed by atoms with E-state index in [0.717, 1.165) is 12.8 Å². The predicted octanol–water partition coefficient (Wildman–Crippen LogP) is 1.59. The van der Waals surface area contributed by atoms with Crippen molar-refractivity contribution in [3.63, 3.8) is 0 Å². The lowest BCUT2D eigenvalue weighted by molar-refractivity contribution is -0.154. The smallest absolute Gasteiger partial charge is 0.422 e. The minimum absolute atomic E-state index is 0.0239. The molecule has 1 fully saturated rings. The fourth-order valence-electron chi connectivity index (χ4n) is 2.18. The first-order valence-corrected chi connectivity index (χ1v) is 6.56. The van der Waals surface area contributed by atoms with Crippen LogP contribution in [0, 0.1) is 0 Å². The van der Waals surface area contributed by atoms with E-state index in [0.29, 0.717) is 13.1 Å². The van der Waals surface area contributed by atoms with Gasteiger partial charge in [0.25, 0.3) is 5.91 Å². The van der Waals surface area contributed by atoms with Crippen molar-refractivity contribution in [2.24, 2.45) is 5.73 Å². The summed E-state index contributed by atoms with van der Waals surface area (Å²) in [7, 11) is 0. The highest BCUT2D eigenvalue weighted by Gasteiger charge is 2.30. The molecule has 1 aromatic heterocycles. The number of alkyl halides is 3. The number of pyridine rings is 1. The average molecular weight is 303 g/mol. The highest BCUT2D eigenvalue weighted by molar-refractivity contribution is 5.96. The van der Waals surface area contributed by atoms with Gasteiger partial charge >= 0.3 is 6.18 Å². The van der Waals surface area contributed by atoms with Crippen LogP contribution in [0.5, 0.6) is 5.88 Å². The summed E-state index contributed by atoms with van der Waals surface area (Å²) in [6, 6.07) is 2.78. The van der Waals surface area contributed by atoms with Gasteiger partial charge in [-0.1, -0.05) is 0 Å². The van der Waals surface area contributed by atoms with Crippen LogP contribution in [0.1, 0.15) is 23.2 Å². The number of ether oxygens (including phenoxy) is 1. The number of hydrogen-bond donors (Lipinski definition) is 1. The summed E-state index contributed by atoms with van der Waals surface area (Å²) >= 11 is 0. The zero-order valence-electron chi connectivity index (χ0n) is 11.3. The third-order valence-corrected chi connectivity index (χ3v) is 3.12. The Morgan fingerprint density at radius 3 is 2.95 bits per heavy atom. The SMILES string of the molecule is N[C@H]1CCCN(C(=O)c2cccnc2OCC(F)(F)F)C1. The number of carbonyl (C=O) groups is 1. The van der Waals surface area contributed by atoms with Gasteiger partial charge in [-0.2, -0.15) is 13.2 Å². The molecule has 2 rings (SSSR count). The predicted molar refractivity (Wildman–Crippen MR) is 68.9 cm³/mol. The summed E-state index contributed by atoms with van der Waals surface area (Å²) in [6.45, 7) is -0.573. The minimum Gasteiger partial charge on any atom is -0.467 e. The fourth-order valence-corrected chi connectivity index (χ4v) is 2.18. The lowest BCUT2D eigenvalue weighted by atomic mass is 10.1. The monoisotopic (exact) mass is 303 g/mol. The van der Waals surface area contributed by atoms with Gasteiger partial charge in [0.2, 0.25) is 5.88 Å². The molecule has 0 spiro atoms. The summed E-state index contributed by atoms with van der Waals surface area (Å²) in [5.41, 5.74) is 5.83. The molecule has 5 nitrogen and oxygen atoms in total. The quantitative estimate of drug-likeness (QED) is 0.920. The molecule has 1 saturated heterocycles. The number of likely N-dealkylation sites (tertiary alicyclic amines) is 1. The largest absolute Gasteiger partial charge is 0.467 e. The molecule has 0 unspecified atom stereocenters. The van der Waals surface area contributed by atoms with Crippen LogP contribution in [-0.2, 0) is 0 Å². The Balaban J connectivity index is 2.13. The number of aromatic nitrogens is 1. The molecule has 1 aliphatic heterocycles. The van der Waals surface area contributed by atoms with Crippen LogP contribution in [0.15, 0.2) is 18.3 Å². The van der Waals surface area contributed by atoms with Crippen molar-refractivity contribution in [1.29, 1.82) is 0 Å². The molecule has 1 aromatic rings. The highest BCUT2D eigenvalue weighted by atomic mass is 19.4. The van der Waals surface area contributed by atoms with Crippen LogP contribution in [0.3, 0.4) is 0 Å². The van der Waals surface area contributed by atoms with E-state index in [4.69, 9.17) is 5.73 Å². The van der Waals surface area contributed by atoms with Gasteiger partial charge in [0, 0.05) is 25.3 Å². The van der Waals surface area contributed by atoms with E-state index in [2.05, 4.69) is 9.72 Å². The van der Waals surface area contributed by atoms with Gasteiger partial charge in [0.1, 0.15) is 5.56 Å². The van der Waals surface area contributed by atoms with Gasteiger partial charge in [-0.3, -0.25) is 4.79 Å². The maximum atomic E-state index is 12.4. The van der Waals surface area contributed by atoms with E-state index in [1.807, 2.05) is 0 Å². The van der Waals surface area contributed by atoms with Crippen molar-refractivity contribution in [2.45, 2.75) is 25.1 Å². The van der Waals surface area contributed by atoms with Gasteiger partial charge in [0.15, 0.2) is 6.61 Å². The first-order valence-electron chi connectivity index (χ1n) is 6.56. The molecule has 0 aromatic carbocycles. The van der Waals surface area contributed by atoms with Gasteiger partial charge in [-0.15, -0.1) is 0 Å². The lowest BCUT2D eigenvalue weighted by Gasteiger charge is -2.31. The number of amides is 1. The van der Waals surface area contributed by atoms with Crippen LogP contribution < -0.4 is 10.5 Å². The molecule has 1 amide bonds. The van der Waals surface area contributed by atoms with Crippen LogP contribution in [0.4, 0.5) is 13.2 Å². The highest BCUT2D eigenvalue weighted by Crippen LogP contribution is 2.22. The van der Waals surface area contributed by atoms with Gasteiger partial charge in [-0.05, 0) is 25.0 Å². The standard InChI is InChI=1S/C13H16F3N3O2/c14-13(15,16)8-21-11-10(4-1-5-18-11)12(20)19-6-2-3-9(17)7-19/h1,4-5,9H,2-3,6-8,17H2/t9-/m0/s1. The van der Waals surface area contributed by atoms with E-state index in [9.17, 15) is 18.0 Å². The number of piperidine rings is 1. The van der Waals surface area contributed by atoms with Gasteiger partial charge in [-0.25, -0.2) is 4.98 Å². The van der Waals surface area contributed by atoms with Crippen molar-refractivity contribution in [3.05, 3.63) is 23.9 Å². The molecule has 0 aliphatic carbocycles. The summed E-state index contributed by atoms with van der Waals surface area (Å²) in [4.78, 5) is 17.6. The van der Waals surface area contributed by atoms with Crippen molar-refractivity contribution in [2.75, 3.05) is 19.7 Å². The number of nitrogens with two attached hydrogens (primary N) is 1. The molecule has 116 valence electrons. The molecule has 0 radical (unpaired) electrons. The van der Waals surface area contributed by atoms with Crippen molar-refractivity contribution in [3.8, 4) is 5.88 Å². The summed E-state index contributed by atoms with van der Waals surface area (Å²) in [5, 5.41) is 0. The number of carbonyl (C=O) groups excluding carboxylic acids is 1. The van der Waals surface area contributed by atoms with Crippen LogP contribution in [-0.4, -0.2) is 47.7 Å². The number of hydrogen-bond acceptors (Lipinski definition) is 4. The third-order valence-electron chi connectivity index (χ3n) is 3.12. The Bertz CT molecular complexity index is 508. The second-order valence-electron chi connectivity index (χ2n) is 4.91. The van der Waals surface area contributed by atoms with Crippen molar-refractivity contribution >= 4 is 5.91 Å². The second kappa shape index (κ2) is 6.30. The van der Waals surface area contributed by atoms with Gasteiger partial charge < -0.3 is 15.4 Å². The fraction of sp³-hybridized carbons (Fsp3) is 0.538. The summed E-state index contributed by atoms with van der Waals surface area (Å²) in [5.74, 6) is -0.714. The number of nitrogens with zero attached hydrogens (tertiary/aromatic N) is 2. The molecule has 0 bridgehead atoms. The topological polar surface area (TPSA) is 68.5 Å². The van der Waals surface area contributed by atoms with Crippen LogP contribution >= 0.6 is 0 Å². The van der Waals surface area contributed by atoms with Crippen molar-refractivity contribution < 1.29 is 22.7 Å².